The maximum Gasteiger partial charge on any atom is 0.260 e. The summed E-state index contributed by atoms with van der Waals surface area (Å²) in [5.41, 5.74) is 0.802. The number of pyridine rings is 1. The Hall–Kier alpha value is -4.19. The van der Waals surface area contributed by atoms with Gasteiger partial charge >= 0.3 is 0 Å². The van der Waals surface area contributed by atoms with Crippen LogP contribution in [0.5, 0.6) is 0 Å². The smallest absolute Gasteiger partial charge is 0.260 e. The first-order valence-corrected chi connectivity index (χ1v) is 10.8. The molecule has 5 rings (SSSR count). The van der Waals surface area contributed by atoms with Crippen molar-refractivity contribution in [1.82, 2.24) is 44.6 Å². The minimum Gasteiger partial charge on any atom is -0.374 e. The summed E-state index contributed by atoms with van der Waals surface area (Å²) in [7, 11) is 3.52. The molecule has 12 nitrogen and oxygen atoms in total. The van der Waals surface area contributed by atoms with E-state index in [4.69, 9.17) is 0 Å². The number of likely N-dealkylation sites (N-methyl/N-ethyl adjacent to an activating group) is 1. The second kappa shape index (κ2) is 8.30. The van der Waals surface area contributed by atoms with E-state index in [0.29, 0.717) is 29.7 Å². The van der Waals surface area contributed by atoms with Crippen LogP contribution in [0.4, 0.5) is 5.95 Å². The molecular formula is C22H24N10O2. The van der Waals surface area contributed by atoms with Gasteiger partial charge in [-0.05, 0) is 25.1 Å². The lowest BCUT2D eigenvalue weighted by Gasteiger charge is -2.17. The first kappa shape index (κ1) is 21.6. The molecule has 0 radical (unpaired) electrons. The molecule has 4 aromatic rings. The zero-order valence-corrected chi connectivity index (χ0v) is 19.0. The highest BCUT2D eigenvalue weighted by atomic mass is 16.3. The van der Waals surface area contributed by atoms with E-state index in [1.807, 2.05) is 32.3 Å². The van der Waals surface area contributed by atoms with Crippen LogP contribution in [-0.2, 0) is 17.4 Å². The Morgan fingerprint density at radius 1 is 1.15 bits per heavy atom. The summed E-state index contributed by atoms with van der Waals surface area (Å²) < 4.78 is 3.18. The van der Waals surface area contributed by atoms with Crippen molar-refractivity contribution in [3.05, 3.63) is 60.3 Å². The third kappa shape index (κ3) is 3.88. The van der Waals surface area contributed by atoms with Gasteiger partial charge in [-0.1, -0.05) is 11.3 Å². The molecule has 1 unspecified atom stereocenters. The van der Waals surface area contributed by atoms with Crippen LogP contribution in [0, 0.1) is 0 Å². The second-order valence-corrected chi connectivity index (χ2v) is 8.35. The van der Waals surface area contributed by atoms with Gasteiger partial charge in [0.15, 0.2) is 11.4 Å². The molecule has 1 aliphatic heterocycles. The molecule has 34 heavy (non-hydrogen) atoms. The van der Waals surface area contributed by atoms with Crippen molar-refractivity contribution in [2.24, 2.45) is 7.05 Å². The van der Waals surface area contributed by atoms with E-state index in [1.165, 1.54) is 15.8 Å². The molecule has 1 amide bonds. The van der Waals surface area contributed by atoms with Crippen LogP contribution >= 0.6 is 0 Å². The molecule has 1 aliphatic rings. The van der Waals surface area contributed by atoms with Gasteiger partial charge in [-0.3, -0.25) is 9.48 Å². The number of aromatic nitrogens is 8. The highest BCUT2D eigenvalue weighted by Gasteiger charge is 2.47. The predicted octanol–water partition coefficient (Wildman–Crippen LogP) is 1.08. The number of carbonyl (C=O) groups is 1. The Morgan fingerprint density at radius 3 is 2.71 bits per heavy atom. The molecule has 174 valence electrons. The second-order valence-electron chi connectivity index (χ2n) is 8.35. The van der Waals surface area contributed by atoms with Gasteiger partial charge in [0.1, 0.15) is 5.69 Å². The molecule has 2 atom stereocenters. The minimum atomic E-state index is -1.66. The summed E-state index contributed by atoms with van der Waals surface area (Å²) in [6, 6.07) is 7.17. The van der Waals surface area contributed by atoms with E-state index in [0.717, 1.165) is 5.56 Å². The van der Waals surface area contributed by atoms with Crippen molar-refractivity contribution in [3.63, 3.8) is 0 Å². The summed E-state index contributed by atoms with van der Waals surface area (Å²) in [6.45, 7) is 2.47. The average molecular weight is 461 g/mol. The minimum absolute atomic E-state index is 0.0278. The van der Waals surface area contributed by atoms with Crippen molar-refractivity contribution in [2.75, 3.05) is 18.9 Å². The van der Waals surface area contributed by atoms with E-state index in [-0.39, 0.29) is 24.1 Å². The fourth-order valence-corrected chi connectivity index (χ4v) is 3.86. The van der Waals surface area contributed by atoms with E-state index >= 15 is 0 Å². The molecule has 1 saturated heterocycles. The van der Waals surface area contributed by atoms with E-state index in [2.05, 4.69) is 35.7 Å². The van der Waals surface area contributed by atoms with Crippen molar-refractivity contribution in [1.29, 1.82) is 0 Å². The summed E-state index contributed by atoms with van der Waals surface area (Å²) in [5, 5.41) is 26.4. The number of aliphatic hydroxyl groups is 1. The van der Waals surface area contributed by atoms with Gasteiger partial charge in [0.2, 0.25) is 5.95 Å². The van der Waals surface area contributed by atoms with Crippen molar-refractivity contribution in [3.8, 4) is 17.2 Å². The standard InChI is InChI=1S/C22H24N10O2/c1-14(15-11-24-31(3)12-15)25-21-23-9-7-17(27-21)16-5-4-6-19(26-16)32-13-18(28-29-32)22(34)8-10-30(2)20(22)33/h4-7,9,11-14,34H,8,10H2,1-3H3,(H,23,25,27)/t14-,22?/m0/s1. The largest absolute Gasteiger partial charge is 0.374 e. The highest BCUT2D eigenvalue weighted by Crippen LogP contribution is 2.31. The molecule has 5 heterocycles. The van der Waals surface area contributed by atoms with Crippen LogP contribution < -0.4 is 5.32 Å². The molecule has 0 spiro atoms. The maximum atomic E-state index is 12.4. The predicted molar refractivity (Wildman–Crippen MR) is 122 cm³/mol. The Morgan fingerprint density at radius 2 is 1.97 bits per heavy atom. The van der Waals surface area contributed by atoms with E-state index < -0.39 is 5.60 Å². The Labute approximate surface area is 195 Å². The van der Waals surface area contributed by atoms with Crippen molar-refractivity contribution in [2.45, 2.75) is 25.0 Å². The van der Waals surface area contributed by atoms with Gasteiger partial charge in [-0.15, -0.1) is 5.10 Å². The lowest BCUT2D eigenvalue weighted by atomic mass is 9.99. The quantitative estimate of drug-likeness (QED) is 0.432. The van der Waals surface area contributed by atoms with Crippen LogP contribution in [0.3, 0.4) is 0 Å². The topological polar surface area (TPSA) is 140 Å². The number of nitrogens with one attached hydrogen (secondary N) is 1. The van der Waals surface area contributed by atoms with E-state index in [9.17, 15) is 9.90 Å². The van der Waals surface area contributed by atoms with Crippen LogP contribution in [0.1, 0.15) is 30.6 Å². The molecule has 0 aliphatic carbocycles. The first-order chi connectivity index (χ1) is 16.3. The Bertz CT molecular complexity index is 1350. The number of hydrogen-bond donors (Lipinski definition) is 2. The molecule has 0 bridgehead atoms. The number of anilines is 1. The monoisotopic (exact) mass is 460 g/mol. The molecule has 1 fully saturated rings. The SMILES string of the molecule is C[C@H](Nc1nccc(-c2cccc(-n3cc(C4(O)CCN(C)C4=O)nn3)n2)n1)c1cnn(C)c1. The third-order valence-electron chi connectivity index (χ3n) is 5.88. The maximum absolute atomic E-state index is 12.4. The van der Waals surface area contributed by atoms with Gasteiger partial charge in [0.05, 0.1) is 29.8 Å². The zero-order chi connectivity index (χ0) is 23.9. The number of likely N-dealkylation sites (tertiary alicyclic amines) is 1. The fraction of sp³-hybridized carbons (Fsp3) is 0.318. The molecule has 4 aromatic heterocycles. The van der Waals surface area contributed by atoms with Crippen molar-refractivity contribution >= 4 is 11.9 Å². The van der Waals surface area contributed by atoms with E-state index in [1.54, 1.807) is 36.3 Å². The molecule has 2 N–H and O–H groups in total. The molecular weight excluding hydrogens is 436 g/mol. The number of carbonyl (C=O) groups excluding carboxylic acids is 1. The molecule has 0 saturated carbocycles. The van der Waals surface area contributed by atoms with Gasteiger partial charge in [-0.25, -0.2) is 19.6 Å². The number of rotatable bonds is 6. The lowest BCUT2D eigenvalue weighted by Crippen LogP contribution is -2.36. The average Bonchev–Trinajstić information content (AvgIpc) is 3.57. The van der Waals surface area contributed by atoms with Crippen LogP contribution in [0.15, 0.2) is 49.1 Å². The highest BCUT2D eigenvalue weighted by molar-refractivity contribution is 5.87. The van der Waals surface area contributed by atoms with Gasteiger partial charge < -0.3 is 15.3 Å². The fourth-order valence-electron chi connectivity index (χ4n) is 3.86. The zero-order valence-electron chi connectivity index (χ0n) is 19.0. The van der Waals surface area contributed by atoms with Gasteiger partial charge in [-0.2, -0.15) is 5.10 Å². The van der Waals surface area contributed by atoms with Crippen LogP contribution in [-0.4, -0.2) is 69.2 Å². The summed E-state index contributed by atoms with van der Waals surface area (Å²) >= 11 is 0. The van der Waals surface area contributed by atoms with Crippen LogP contribution in [0.2, 0.25) is 0 Å². The molecule has 12 heteroatoms. The van der Waals surface area contributed by atoms with Crippen molar-refractivity contribution < 1.29 is 9.90 Å². The molecule has 0 aromatic carbocycles. The number of amides is 1. The normalized spacial score (nSPS) is 18.9. The van der Waals surface area contributed by atoms with Gasteiger partial charge in [0.25, 0.3) is 5.91 Å². The Balaban J connectivity index is 1.38. The first-order valence-electron chi connectivity index (χ1n) is 10.8. The Kier molecular flexibility index (Phi) is 5.28. The number of aryl methyl sites for hydroxylation is 1. The van der Waals surface area contributed by atoms with Gasteiger partial charge in [0, 0.05) is 45.0 Å². The lowest BCUT2D eigenvalue weighted by molar-refractivity contribution is -0.143. The summed E-state index contributed by atoms with van der Waals surface area (Å²) in [5.74, 6) is 0.563. The van der Waals surface area contributed by atoms with Crippen LogP contribution in [0.25, 0.3) is 17.2 Å². The summed E-state index contributed by atoms with van der Waals surface area (Å²) in [6.07, 6.45) is 7.20. The summed E-state index contributed by atoms with van der Waals surface area (Å²) in [4.78, 5) is 27.4. The third-order valence-corrected chi connectivity index (χ3v) is 5.88. The number of hydrogen-bond acceptors (Lipinski definition) is 9. The number of nitrogens with zero attached hydrogens (tertiary/aromatic N) is 9.